The zero-order valence-corrected chi connectivity index (χ0v) is 12.5. The first-order chi connectivity index (χ1) is 10.5. The molecule has 0 radical (unpaired) electrons. The summed E-state index contributed by atoms with van der Waals surface area (Å²) >= 11 is 0. The molecule has 0 aliphatic heterocycles. The highest BCUT2D eigenvalue weighted by molar-refractivity contribution is 5.94. The molecule has 22 heavy (non-hydrogen) atoms. The highest BCUT2D eigenvalue weighted by Gasteiger charge is 2.13. The van der Waals surface area contributed by atoms with Crippen molar-refractivity contribution in [3.05, 3.63) is 47.8 Å². The van der Waals surface area contributed by atoms with Crippen molar-refractivity contribution in [3.8, 4) is 5.75 Å². The van der Waals surface area contributed by atoms with Gasteiger partial charge in [-0.3, -0.25) is 14.3 Å². The molecule has 1 aromatic carbocycles. The van der Waals surface area contributed by atoms with Gasteiger partial charge in [-0.05, 0) is 24.3 Å². The van der Waals surface area contributed by atoms with Crippen LogP contribution in [0.15, 0.2) is 36.7 Å². The van der Waals surface area contributed by atoms with Crippen LogP contribution < -0.4 is 10.5 Å². The molecular weight excluding hydrogens is 284 g/mol. The number of primary amides is 1. The third-order valence-electron chi connectivity index (χ3n) is 3.01. The minimum Gasteiger partial charge on any atom is -0.484 e. The number of aryl methyl sites for hydroxylation is 1. The molecule has 0 unspecified atom stereocenters. The monoisotopic (exact) mass is 302 g/mol. The number of rotatable bonds is 6. The van der Waals surface area contributed by atoms with Gasteiger partial charge < -0.3 is 15.4 Å². The number of carbonyl (C=O) groups excluding carboxylic acids is 2. The molecule has 0 spiro atoms. The van der Waals surface area contributed by atoms with E-state index in [4.69, 9.17) is 10.5 Å². The molecule has 0 saturated carbocycles. The number of hydrogen-bond acceptors (Lipinski definition) is 4. The van der Waals surface area contributed by atoms with E-state index in [2.05, 4.69) is 5.10 Å². The molecule has 7 heteroatoms. The first kappa shape index (κ1) is 15.6. The predicted octanol–water partition coefficient (Wildman–Crippen LogP) is 0.556. The third-order valence-corrected chi connectivity index (χ3v) is 3.01. The molecule has 2 amide bonds. The van der Waals surface area contributed by atoms with Gasteiger partial charge in [0.2, 0.25) is 0 Å². The normalized spacial score (nSPS) is 10.3. The van der Waals surface area contributed by atoms with E-state index >= 15 is 0 Å². The van der Waals surface area contributed by atoms with Gasteiger partial charge in [0.15, 0.2) is 6.61 Å². The summed E-state index contributed by atoms with van der Waals surface area (Å²) in [4.78, 5) is 24.6. The van der Waals surface area contributed by atoms with Gasteiger partial charge in [0.05, 0.1) is 6.20 Å². The summed E-state index contributed by atoms with van der Waals surface area (Å²) in [6.07, 6.45) is 3.59. The summed E-state index contributed by atoms with van der Waals surface area (Å²) < 4.78 is 6.84. The Morgan fingerprint density at radius 1 is 1.32 bits per heavy atom. The first-order valence-electron chi connectivity index (χ1n) is 6.70. The van der Waals surface area contributed by atoms with Gasteiger partial charge >= 0.3 is 0 Å². The van der Waals surface area contributed by atoms with Gasteiger partial charge in [-0.1, -0.05) is 0 Å². The van der Waals surface area contributed by atoms with Crippen LogP contribution in [-0.2, 0) is 18.4 Å². The van der Waals surface area contributed by atoms with Crippen LogP contribution >= 0.6 is 0 Å². The van der Waals surface area contributed by atoms with Crippen LogP contribution in [0.1, 0.15) is 15.9 Å². The van der Waals surface area contributed by atoms with Crippen molar-refractivity contribution in [1.29, 1.82) is 0 Å². The smallest absolute Gasteiger partial charge is 0.255 e. The molecule has 1 aromatic heterocycles. The molecule has 116 valence electrons. The average molecular weight is 302 g/mol. The van der Waals surface area contributed by atoms with Gasteiger partial charge in [0.1, 0.15) is 5.75 Å². The van der Waals surface area contributed by atoms with E-state index in [9.17, 15) is 9.59 Å². The minimum atomic E-state index is -0.545. The Balaban J connectivity index is 1.97. The van der Waals surface area contributed by atoms with Crippen molar-refractivity contribution in [2.24, 2.45) is 12.8 Å². The van der Waals surface area contributed by atoms with Gasteiger partial charge in [-0.25, -0.2) is 0 Å². The molecule has 0 saturated heterocycles. The second kappa shape index (κ2) is 6.75. The summed E-state index contributed by atoms with van der Waals surface area (Å²) in [6, 6.07) is 6.57. The number of hydrogen-bond donors (Lipinski definition) is 1. The maximum absolute atomic E-state index is 12.3. The number of amides is 2. The second-order valence-corrected chi connectivity index (χ2v) is 4.96. The molecule has 0 aliphatic rings. The van der Waals surface area contributed by atoms with E-state index in [1.807, 2.05) is 13.2 Å². The Hall–Kier alpha value is -2.83. The molecule has 7 nitrogen and oxygen atoms in total. The fraction of sp³-hybridized carbons (Fsp3) is 0.267. The lowest BCUT2D eigenvalue weighted by molar-refractivity contribution is -0.119. The number of benzene rings is 1. The number of aromatic nitrogens is 2. The maximum atomic E-state index is 12.3. The number of carbonyl (C=O) groups is 2. The molecule has 0 aliphatic carbocycles. The highest BCUT2D eigenvalue weighted by atomic mass is 16.5. The third kappa shape index (κ3) is 4.08. The fourth-order valence-corrected chi connectivity index (χ4v) is 1.97. The zero-order chi connectivity index (χ0) is 16.1. The van der Waals surface area contributed by atoms with E-state index in [1.54, 1.807) is 47.1 Å². The van der Waals surface area contributed by atoms with Crippen LogP contribution in [0, 0.1) is 0 Å². The number of ether oxygens (including phenoxy) is 1. The van der Waals surface area contributed by atoms with Crippen LogP contribution in [0.4, 0.5) is 0 Å². The topological polar surface area (TPSA) is 90.4 Å². The van der Waals surface area contributed by atoms with E-state index in [1.165, 1.54) is 0 Å². The molecule has 1 heterocycles. The van der Waals surface area contributed by atoms with Gasteiger partial charge in [-0.15, -0.1) is 0 Å². The summed E-state index contributed by atoms with van der Waals surface area (Å²) in [5.41, 5.74) is 6.50. The van der Waals surface area contributed by atoms with Crippen molar-refractivity contribution >= 4 is 11.8 Å². The summed E-state index contributed by atoms with van der Waals surface area (Å²) in [6.45, 7) is 0.292. The van der Waals surface area contributed by atoms with Crippen LogP contribution in [0.3, 0.4) is 0 Å². The lowest BCUT2D eigenvalue weighted by atomic mass is 10.2. The summed E-state index contributed by atoms with van der Waals surface area (Å²) in [5, 5.41) is 4.07. The number of nitrogens with zero attached hydrogens (tertiary/aromatic N) is 3. The fourth-order valence-electron chi connectivity index (χ4n) is 1.97. The van der Waals surface area contributed by atoms with Crippen molar-refractivity contribution in [2.75, 3.05) is 13.7 Å². The van der Waals surface area contributed by atoms with Crippen LogP contribution in [0.25, 0.3) is 0 Å². The average Bonchev–Trinajstić information content (AvgIpc) is 2.90. The Kier molecular flexibility index (Phi) is 4.77. The minimum absolute atomic E-state index is 0.106. The van der Waals surface area contributed by atoms with Gasteiger partial charge in [0, 0.05) is 38.0 Å². The van der Waals surface area contributed by atoms with E-state index < -0.39 is 5.91 Å². The van der Waals surface area contributed by atoms with Crippen molar-refractivity contribution in [3.63, 3.8) is 0 Å². The van der Waals surface area contributed by atoms with Crippen LogP contribution in [-0.4, -0.2) is 40.1 Å². The van der Waals surface area contributed by atoms with Crippen molar-refractivity contribution in [1.82, 2.24) is 14.7 Å². The van der Waals surface area contributed by atoms with Gasteiger partial charge in [-0.2, -0.15) is 5.10 Å². The SMILES string of the molecule is CN(Cc1cnn(C)c1)C(=O)c1ccc(OCC(N)=O)cc1. The Morgan fingerprint density at radius 2 is 2.00 bits per heavy atom. The van der Waals surface area contributed by atoms with Crippen molar-refractivity contribution in [2.45, 2.75) is 6.54 Å². The molecule has 2 rings (SSSR count). The van der Waals surface area contributed by atoms with E-state index in [0.29, 0.717) is 17.9 Å². The first-order valence-corrected chi connectivity index (χ1v) is 6.70. The molecule has 2 N–H and O–H groups in total. The Morgan fingerprint density at radius 3 is 2.55 bits per heavy atom. The van der Waals surface area contributed by atoms with E-state index in [-0.39, 0.29) is 12.5 Å². The molecule has 0 fully saturated rings. The van der Waals surface area contributed by atoms with Crippen molar-refractivity contribution < 1.29 is 14.3 Å². The standard InChI is InChI=1S/C15H18N4O3/c1-18(8-11-7-17-19(2)9-11)15(21)12-3-5-13(6-4-12)22-10-14(16)20/h3-7,9H,8,10H2,1-2H3,(H2,16,20). The molecular formula is C15H18N4O3. The lowest BCUT2D eigenvalue weighted by Gasteiger charge is -2.16. The summed E-state index contributed by atoms with van der Waals surface area (Å²) in [5.74, 6) is -0.160. The largest absolute Gasteiger partial charge is 0.484 e. The lowest BCUT2D eigenvalue weighted by Crippen LogP contribution is -2.26. The second-order valence-electron chi connectivity index (χ2n) is 4.96. The molecule has 2 aromatic rings. The maximum Gasteiger partial charge on any atom is 0.255 e. The van der Waals surface area contributed by atoms with Crippen LogP contribution in [0.5, 0.6) is 5.75 Å². The van der Waals surface area contributed by atoms with Crippen LogP contribution in [0.2, 0.25) is 0 Å². The zero-order valence-electron chi connectivity index (χ0n) is 12.5. The Bertz CT molecular complexity index is 664. The Labute approximate surface area is 128 Å². The summed E-state index contributed by atoms with van der Waals surface area (Å²) in [7, 11) is 3.56. The highest BCUT2D eigenvalue weighted by Crippen LogP contribution is 2.14. The quantitative estimate of drug-likeness (QED) is 0.844. The number of nitrogens with two attached hydrogens (primary N) is 1. The predicted molar refractivity (Wildman–Crippen MR) is 80.1 cm³/mol. The molecule has 0 atom stereocenters. The van der Waals surface area contributed by atoms with E-state index in [0.717, 1.165) is 5.56 Å². The van der Waals surface area contributed by atoms with Gasteiger partial charge in [0.25, 0.3) is 11.8 Å². The molecule has 0 bridgehead atoms.